The molecule has 0 unspecified atom stereocenters. The zero-order valence-electron chi connectivity index (χ0n) is 9.94. The summed E-state index contributed by atoms with van der Waals surface area (Å²) in [4.78, 5) is 0.00537. The molecular formula is C11H15BrFNO3S. The number of hydrogen-bond donors (Lipinski definition) is 1. The van der Waals surface area contributed by atoms with Crippen LogP contribution >= 0.6 is 15.9 Å². The summed E-state index contributed by atoms with van der Waals surface area (Å²) in [7, 11) is -3.71. The van der Waals surface area contributed by atoms with Crippen LogP contribution in [-0.2, 0) is 10.0 Å². The van der Waals surface area contributed by atoms with Crippen molar-refractivity contribution in [2.24, 2.45) is 0 Å². The lowest BCUT2D eigenvalue weighted by atomic mass is 10.3. The molecule has 0 fully saturated rings. The number of hydrogen-bond acceptors (Lipinski definition) is 3. The summed E-state index contributed by atoms with van der Waals surface area (Å²) >= 11 is 3.05. The number of benzene rings is 1. The molecule has 1 N–H and O–H groups in total. The lowest BCUT2D eigenvalue weighted by Crippen LogP contribution is -2.34. The second kappa shape index (κ2) is 6.60. The lowest BCUT2D eigenvalue weighted by Gasteiger charge is -2.21. The van der Waals surface area contributed by atoms with E-state index in [9.17, 15) is 12.8 Å². The molecule has 4 nitrogen and oxygen atoms in total. The predicted molar refractivity (Wildman–Crippen MR) is 70.2 cm³/mol. The maximum atomic E-state index is 13.0. The highest BCUT2D eigenvalue weighted by molar-refractivity contribution is 9.10. The summed E-state index contributed by atoms with van der Waals surface area (Å²) in [5.74, 6) is -0.509. The third-order valence-electron chi connectivity index (χ3n) is 2.33. The van der Waals surface area contributed by atoms with Crippen molar-refractivity contribution in [2.45, 2.75) is 18.2 Å². The summed E-state index contributed by atoms with van der Waals surface area (Å²) in [5, 5.41) is 8.91. The van der Waals surface area contributed by atoms with Crippen LogP contribution < -0.4 is 0 Å². The van der Waals surface area contributed by atoms with Gasteiger partial charge in [0.05, 0.1) is 11.5 Å². The van der Waals surface area contributed by atoms with Crippen molar-refractivity contribution in [1.29, 1.82) is 0 Å². The molecule has 7 heteroatoms. The number of aliphatic hydroxyl groups is 1. The minimum Gasteiger partial charge on any atom is -0.395 e. The van der Waals surface area contributed by atoms with Gasteiger partial charge in [-0.05, 0) is 40.5 Å². The van der Waals surface area contributed by atoms with Crippen LogP contribution in [-0.4, -0.2) is 37.5 Å². The van der Waals surface area contributed by atoms with E-state index in [2.05, 4.69) is 15.9 Å². The molecule has 1 aromatic rings. The fraction of sp³-hybridized carbons (Fsp3) is 0.455. The van der Waals surface area contributed by atoms with Crippen molar-refractivity contribution in [3.63, 3.8) is 0 Å². The molecule has 0 aromatic heterocycles. The van der Waals surface area contributed by atoms with E-state index in [0.29, 0.717) is 13.0 Å². The first-order valence-corrected chi connectivity index (χ1v) is 7.72. The second-order valence-electron chi connectivity index (χ2n) is 3.70. The van der Waals surface area contributed by atoms with E-state index in [1.165, 1.54) is 10.4 Å². The average molecular weight is 340 g/mol. The smallest absolute Gasteiger partial charge is 0.244 e. The lowest BCUT2D eigenvalue weighted by molar-refractivity contribution is 0.253. The Morgan fingerprint density at radius 3 is 2.56 bits per heavy atom. The fourth-order valence-electron chi connectivity index (χ4n) is 1.54. The van der Waals surface area contributed by atoms with Crippen LogP contribution in [0.5, 0.6) is 0 Å². The Labute approximate surface area is 115 Å². The van der Waals surface area contributed by atoms with Crippen LogP contribution in [0.15, 0.2) is 27.6 Å². The minimum atomic E-state index is -3.71. The van der Waals surface area contributed by atoms with Gasteiger partial charge in [0, 0.05) is 17.6 Å². The monoisotopic (exact) mass is 339 g/mol. The Hall–Kier alpha value is -0.500. The molecule has 1 aromatic carbocycles. The molecule has 0 saturated carbocycles. The first kappa shape index (κ1) is 15.6. The molecule has 0 bridgehead atoms. The SMILES string of the molecule is CCCN(CCO)S(=O)(=O)c1ccc(F)cc1Br. The molecular weight excluding hydrogens is 325 g/mol. The average Bonchev–Trinajstić information content (AvgIpc) is 2.28. The van der Waals surface area contributed by atoms with Crippen LogP contribution in [0.4, 0.5) is 4.39 Å². The Kier molecular flexibility index (Phi) is 5.71. The van der Waals surface area contributed by atoms with E-state index in [1.54, 1.807) is 0 Å². The van der Waals surface area contributed by atoms with Gasteiger partial charge in [0.25, 0.3) is 0 Å². The summed E-state index contributed by atoms with van der Waals surface area (Å²) in [6, 6.07) is 3.42. The molecule has 0 spiro atoms. The van der Waals surface area contributed by atoms with Crippen molar-refractivity contribution in [1.82, 2.24) is 4.31 Å². The second-order valence-corrected chi connectivity index (χ2v) is 6.46. The van der Waals surface area contributed by atoms with E-state index >= 15 is 0 Å². The highest BCUT2D eigenvalue weighted by atomic mass is 79.9. The van der Waals surface area contributed by atoms with Gasteiger partial charge in [-0.3, -0.25) is 0 Å². The molecule has 102 valence electrons. The third-order valence-corrected chi connectivity index (χ3v) is 5.21. The van der Waals surface area contributed by atoms with Crippen molar-refractivity contribution < 1.29 is 17.9 Å². The number of aliphatic hydroxyl groups excluding tert-OH is 1. The fourth-order valence-corrected chi connectivity index (χ4v) is 4.07. The topological polar surface area (TPSA) is 57.6 Å². The summed E-state index contributed by atoms with van der Waals surface area (Å²) in [6.45, 7) is 1.93. The number of rotatable bonds is 6. The molecule has 0 aliphatic carbocycles. The van der Waals surface area contributed by atoms with Crippen LogP contribution in [0.25, 0.3) is 0 Å². The van der Waals surface area contributed by atoms with Crippen LogP contribution in [0.2, 0.25) is 0 Å². The van der Waals surface area contributed by atoms with Gasteiger partial charge in [0.1, 0.15) is 5.82 Å². The first-order valence-electron chi connectivity index (χ1n) is 5.49. The predicted octanol–water partition coefficient (Wildman–Crippen LogP) is 1.98. The Bertz CT molecular complexity index is 501. The Morgan fingerprint density at radius 2 is 2.06 bits per heavy atom. The largest absolute Gasteiger partial charge is 0.395 e. The quantitative estimate of drug-likeness (QED) is 0.862. The van der Waals surface area contributed by atoms with Crippen molar-refractivity contribution >= 4 is 26.0 Å². The minimum absolute atomic E-state index is 0.00537. The van der Waals surface area contributed by atoms with Crippen molar-refractivity contribution in [3.05, 3.63) is 28.5 Å². The van der Waals surface area contributed by atoms with E-state index in [-0.39, 0.29) is 22.5 Å². The van der Waals surface area contributed by atoms with Gasteiger partial charge in [-0.25, -0.2) is 12.8 Å². The summed E-state index contributed by atoms with van der Waals surface area (Å²) < 4.78 is 38.9. The van der Waals surface area contributed by atoms with Crippen molar-refractivity contribution in [3.8, 4) is 0 Å². The maximum Gasteiger partial charge on any atom is 0.244 e. The molecule has 1 rings (SSSR count). The first-order chi connectivity index (χ1) is 8.43. The maximum absolute atomic E-state index is 13.0. The summed E-state index contributed by atoms with van der Waals surface area (Å²) in [6.07, 6.45) is 0.637. The van der Waals surface area contributed by atoms with Gasteiger partial charge in [0.2, 0.25) is 10.0 Å². The molecule has 0 atom stereocenters. The molecule has 0 aliphatic heterocycles. The Morgan fingerprint density at radius 1 is 1.39 bits per heavy atom. The van der Waals surface area contributed by atoms with E-state index in [4.69, 9.17) is 5.11 Å². The van der Waals surface area contributed by atoms with Gasteiger partial charge in [-0.2, -0.15) is 4.31 Å². The van der Waals surface area contributed by atoms with Gasteiger partial charge < -0.3 is 5.11 Å². The van der Waals surface area contributed by atoms with Crippen LogP contribution in [0.1, 0.15) is 13.3 Å². The number of nitrogens with zero attached hydrogens (tertiary/aromatic N) is 1. The van der Waals surface area contributed by atoms with E-state index in [0.717, 1.165) is 12.1 Å². The number of sulfonamides is 1. The molecule has 0 aliphatic rings. The molecule has 18 heavy (non-hydrogen) atoms. The van der Waals surface area contributed by atoms with Crippen LogP contribution in [0, 0.1) is 5.82 Å². The van der Waals surface area contributed by atoms with Crippen LogP contribution in [0.3, 0.4) is 0 Å². The van der Waals surface area contributed by atoms with Gasteiger partial charge in [-0.15, -0.1) is 0 Å². The molecule has 0 radical (unpaired) electrons. The Balaban J connectivity index is 3.17. The van der Waals surface area contributed by atoms with Gasteiger partial charge in [0.15, 0.2) is 0 Å². The van der Waals surface area contributed by atoms with E-state index in [1.807, 2.05) is 6.92 Å². The molecule has 0 heterocycles. The van der Waals surface area contributed by atoms with E-state index < -0.39 is 15.8 Å². The third kappa shape index (κ3) is 3.50. The summed E-state index contributed by atoms with van der Waals surface area (Å²) in [5.41, 5.74) is 0. The zero-order valence-corrected chi connectivity index (χ0v) is 12.3. The standard InChI is InChI=1S/C11H15BrFNO3S/c1-2-5-14(6-7-15)18(16,17)11-4-3-9(13)8-10(11)12/h3-4,8,15H,2,5-7H2,1H3. The highest BCUT2D eigenvalue weighted by Crippen LogP contribution is 2.25. The highest BCUT2D eigenvalue weighted by Gasteiger charge is 2.25. The number of halogens is 2. The molecule has 0 amide bonds. The van der Waals surface area contributed by atoms with Gasteiger partial charge >= 0.3 is 0 Å². The normalized spacial score (nSPS) is 12.1. The van der Waals surface area contributed by atoms with Crippen molar-refractivity contribution in [2.75, 3.05) is 19.7 Å². The molecule has 0 saturated heterocycles. The zero-order chi connectivity index (χ0) is 13.8. The van der Waals surface area contributed by atoms with Gasteiger partial charge in [-0.1, -0.05) is 6.92 Å².